The molecular weight excluding hydrogens is 310 g/mol. The van der Waals surface area contributed by atoms with Gasteiger partial charge in [0.15, 0.2) is 0 Å². The predicted octanol–water partition coefficient (Wildman–Crippen LogP) is 2.10. The lowest BCUT2D eigenvalue weighted by atomic mass is 10.2. The third-order valence-corrected chi connectivity index (χ3v) is 5.93. The van der Waals surface area contributed by atoms with E-state index < -0.39 is 0 Å². The molecule has 0 bridgehead atoms. The van der Waals surface area contributed by atoms with E-state index in [-0.39, 0.29) is 0 Å². The van der Waals surface area contributed by atoms with Crippen molar-refractivity contribution in [3.63, 3.8) is 0 Å². The van der Waals surface area contributed by atoms with Crippen LogP contribution in [0.4, 0.5) is 0 Å². The Bertz CT molecular complexity index is 303. The lowest BCUT2D eigenvalue weighted by Crippen LogP contribution is -2.61. The van der Waals surface area contributed by atoms with Crippen LogP contribution in [0.15, 0.2) is 0 Å². The molecule has 2 aliphatic rings. The molecule has 2 fully saturated rings. The van der Waals surface area contributed by atoms with E-state index in [0.29, 0.717) is 12.3 Å². The molecule has 5 nitrogen and oxygen atoms in total. The summed E-state index contributed by atoms with van der Waals surface area (Å²) >= 11 is 0. The predicted molar refractivity (Wildman–Crippen MR) is 108 cm³/mol. The molecule has 2 unspecified atom stereocenters. The van der Waals surface area contributed by atoms with E-state index in [1.807, 2.05) is 0 Å². The molecular formula is C20H43N5. The monoisotopic (exact) mass is 353 g/mol. The van der Waals surface area contributed by atoms with E-state index in [2.05, 4.69) is 52.6 Å². The van der Waals surface area contributed by atoms with Gasteiger partial charge in [0, 0.05) is 52.4 Å². The highest BCUT2D eigenvalue weighted by Crippen LogP contribution is 2.13. The fraction of sp³-hybridized carbons (Fsp3) is 1.00. The molecule has 0 aromatic rings. The molecule has 5 heteroatoms. The quantitative estimate of drug-likeness (QED) is 0.649. The second-order valence-corrected chi connectivity index (χ2v) is 7.77. The molecule has 2 atom stereocenters. The minimum Gasteiger partial charge on any atom is -0.301 e. The van der Waals surface area contributed by atoms with Gasteiger partial charge in [0.1, 0.15) is 0 Å². The SMILES string of the molecule is CCCN1CCN(C(CC)NC(CC)N2CCN(CCC)CC2)CC1. The Kier molecular flexibility index (Phi) is 9.71. The largest absolute Gasteiger partial charge is 0.301 e. The summed E-state index contributed by atoms with van der Waals surface area (Å²) in [5.74, 6) is 0. The summed E-state index contributed by atoms with van der Waals surface area (Å²) in [6.07, 6.45) is 6.00. The van der Waals surface area contributed by atoms with Crippen LogP contribution in [0.25, 0.3) is 0 Å². The third-order valence-electron chi connectivity index (χ3n) is 5.93. The van der Waals surface area contributed by atoms with Gasteiger partial charge in [-0.05, 0) is 38.8 Å². The highest BCUT2D eigenvalue weighted by Gasteiger charge is 2.27. The van der Waals surface area contributed by atoms with Crippen LogP contribution in [0.1, 0.15) is 53.4 Å². The Morgan fingerprint density at radius 3 is 1.24 bits per heavy atom. The van der Waals surface area contributed by atoms with Gasteiger partial charge in [-0.1, -0.05) is 27.7 Å². The minimum atomic E-state index is 0.530. The molecule has 25 heavy (non-hydrogen) atoms. The lowest BCUT2D eigenvalue weighted by molar-refractivity contribution is 0.0290. The summed E-state index contributed by atoms with van der Waals surface area (Å²) < 4.78 is 0. The Morgan fingerprint density at radius 2 is 0.960 bits per heavy atom. The average molecular weight is 354 g/mol. The van der Waals surface area contributed by atoms with Crippen molar-refractivity contribution in [2.75, 3.05) is 65.4 Å². The number of piperazine rings is 2. The van der Waals surface area contributed by atoms with Gasteiger partial charge in [0.05, 0.1) is 12.3 Å². The molecule has 2 rings (SSSR count). The van der Waals surface area contributed by atoms with Crippen molar-refractivity contribution < 1.29 is 0 Å². The molecule has 0 aromatic carbocycles. The molecule has 148 valence electrons. The van der Waals surface area contributed by atoms with E-state index in [1.54, 1.807) is 0 Å². The highest BCUT2D eigenvalue weighted by molar-refractivity contribution is 4.82. The Hall–Kier alpha value is -0.200. The van der Waals surface area contributed by atoms with Crippen molar-refractivity contribution >= 4 is 0 Å². The molecule has 1 N–H and O–H groups in total. The number of nitrogens with one attached hydrogen (secondary N) is 1. The van der Waals surface area contributed by atoms with Gasteiger partial charge in [-0.3, -0.25) is 15.1 Å². The standard InChI is InChI=1S/C20H43N5/c1-5-9-22-11-15-24(16-12-22)19(7-3)21-20(8-4)25-17-13-23(10-6-2)14-18-25/h19-21H,5-18H2,1-4H3. The molecule has 2 heterocycles. The van der Waals surface area contributed by atoms with Crippen LogP contribution in [-0.4, -0.2) is 97.4 Å². The van der Waals surface area contributed by atoms with Crippen LogP contribution in [0, 0.1) is 0 Å². The first-order valence-electron chi connectivity index (χ1n) is 10.9. The molecule has 2 saturated heterocycles. The first-order valence-corrected chi connectivity index (χ1v) is 10.9. The lowest BCUT2D eigenvalue weighted by Gasteiger charge is -2.44. The van der Waals surface area contributed by atoms with Gasteiger partial charge < -0.3 is 9.80 Å². The van der Waals surface area contributed by atoms with E-state index in [4.69, 9.17) is 0 Å². The molecule has 0 spiro atoms. The number of hydrogen-bond acceptors (Lipinski definition) is 5. The molecule has 0 saturated carbocycles. The second kappa shape index (κ2) is 11.5. The zero-order valence-electron chi connectivity index (χ0n) is 17.3. The molecule has 0 aliphatic carbocycles. The summed E-state index contributed by atoms with van der Waals surface area (Å²) in [7, 11) is 0. The first kappa shape index (κ1) is 21.1. The number of rotatable bonds is 10. The van der Waals surface area contributed by atoms with Crippen molar-refractivity contribution in [3.05, 3.63) is 0 Å². The second-order valence-electron chi connectivity index (χ2n) is 7.77. The van der Waals surface area contributed by atoms with Crippen LogP contribution in [0.5, 0.6) is 0 Å². The normalized spacial score (nSPS) is 24.5. The van der Waals surface area contributed by atoms with Crippen LogP contribution in [-0.2, 0) is 0 Å². The van der Waals surface area contributed by atoms with Crippen molar-refractivity contribution in [3.8, 4) is 0 Å². The zero-order valence-corrected chi connectivity index (χ0v) is 17.3. The molecule has 0 amide bonds. The average Bonchev–Trinajstić information content (AvgIpc) is 2.65. The Balaban J connectivity index is 1.80. The highest BCUT2D eigenvalue weighted by atomic mass is 15.4. The summed E-state index contributed by atoms with van der Waals surface area (Å²) in [6.45, 7) is 21.6. The minimum absolute atomic E-state index is 0.530. The van der Waals surface area contributed by atoms with E-state index in [9.17, 15) is 0 Å². The summed E-state index contributed by atoms with van der Waals surface area (Å²) in [6, 6.07) is 0. The van der Waals surface area contributed by atoms with Crippen LogP contribution >= 0.6 is 0 Å². The van der Waals surface area contributed by atoms with E-state index in [1.165, 1.54) is 91.1 Å². The zero-order chi connectivity index (χ0) is 18.1. The van der Waals surface area contributed by atoms with Crippen LogP contribution in [0.3, 0.4) is 0 Å². The fourth-order valence-electron chi connectivity index (χ4n) is 4.41. The van der Waals surface area contributed by atoms with Crippen LogP contribution in [0.2, 0.25) is 0 Å². The van der Waals surface area contributed by atoms with Gasteiger partial charge in [-0.15, -0.1) is 0 Å². The van der Waals surface area contributed by atoms with Gasteiger partial charge in [0.2, 0.25) is 0 Å². The van der Waals surface area contributed by atoms with Crippen molar-refractivity contribution in [1.82, 2.24) is 24.9 Å². The molecule has 0 radical (unpaired) electrons. The van der Waals surface area contributed by atoms with Gasteiger partial charge in [-0.2, -0.15) is 0 Å². The van der Waals surface area contributed by atoms with Gasteiger partial charge in [0.25, 0.3) is 0 Å². The summed E-state index contributed by atoms with van der Waals surface area (Å²) in [5, 5.41) is 4.00. The van der Waals surface area contributed by atoms with E-state index >= 15 is 0 Å². The van der Waals surface area contributed by atoms with Crippen molar-refractivity contribution in [2.45, 2.75) is 65.7 Å². The van der Waals surface area contributed by atoms with Crippen molar-refractivity contribution in [1.29, 1.82) is 0 Å². The van der Waals surface area contributed by atoms with E-state index in [0.717, 1.165) is 0 Å². The fourth-order valence-corrected chi connectivity index (χ4v) is 4.41. The van der Waals surface area contributed by atoms with Gasteiger partial charge >= 0.3 is 0 Å². The van der Waals surface area contributed by atoms with Crippen molar-refractivity contribution in [2.24, 2.45) is 0 Å². The Morgan fingerprint density at radius 1 is 0.600 bits per heavy atom. The Labute approximate surface area is 156 Å². The maximum atomic E-state index is 4.00. The topological polar surface area (TPSA) is 25.0 Å². The third kappa shape index (κ3) is 6.47. The smallest absolute Gasteiger partial charge is 0.0607 e. The number of nitrogens with zero attached hydrogens (tertiary/aromatic N) is 4. The van der Waals surface area contributed by atoms with Gasteiger partial charge in [-0.25, -0.2) is 0 Å². The van der Waals surface area contributed by atoms with Crippen LogP contribution < -0.4 is 5.32 Å². The maximum Gasteiger partial charge on any atom is 0.0607 e. The molecule has 0 aromatic heterocycles. The first-order chi connectivity index (χ1) is 12.2. The summed E-state index contributed by atoms with van der Waals surface area (Å²) in [4.78, 5) is 10.6. The summed E-state index contributed by atoms with van der Waals surface area (Å²) in [5.41, 5.74) is 0. The number of hydrogen-bond donors (Lipinski definition) is 1. The molecule has 2 aliphatic heterocycles. The maximum absolute atomic E-state index is 4.00.